The molecule has 0 saturated carbocycles. The molecule has 3 unspecified atom stereocenters. The molecule has 0 spiro atoms. The van der Waals surface area contributed by atoms with E-state index in [4.69, 9.17) is 14.2 Å². The number of hydrogen-bond donors (Lipinski definition) is 1. The van der Waals surface area contributed by atoms with Crippen molar-refractivity contribution in [2.24, 2.45) is 0 Å². The molecule has 0 aliphatic carbocycles. The third-order valence-electron chi connectivity index (χ3n) is 8.51. The fraction of sp³-hybridized carbons (Fsp3) is 0.353. The predicted molar refractivity (Wildman–Crippen MR) is 170 cm³/mol. The van der Waals surface area contributed by atoms with Crippen LogP contribution in [0.1, 0.15) is 60.2 Å². The van der Waals surface area contributed by atoms with Gasteiger partial charge in [0.2, 0.25) is 5.91 Å². The number of ether oxygens (including phenoxy) is 3. The molecule has 3 atom stereocenters. The van der Waals surface area contributed by atoms with Crippen LogP contribution in [0.15, 0.2) is 73.1 Å². The lowest BCUT2D eigenvalue weighted by Gasteiger charge is -2.37. The van der Waals surface area contributed by atoms with Gasteiger partial charge in [0, 0.05) is 43.0 Å². The van der Waals surface area contributed by atoms with Crippen molar-refractivity contribution >= 4 is 23.9 Å². The van der Waals surface area contributed by atoms with Crippen molar-refractivity contribution in [1.29, 1.82) is 0 Å². The molecule has 2 aromatic carbocycles. The average Bonchev–Trinajstić information content (AvgIpc) is 3.85. The number of likely N-dealkylation sites (tertiary alicyclic amines) is 1. The Labute approximate surface area is 276 Å². The number of carbonyl (C=O) groups excluding carboxylic acids is 4. The maximum atomic E-state index is 13.9. The number of esters is 1. The summed E-state index contributed by atoms with van der Waals surface area (Å²) in [5, 5.41) is 15.2. The lowest BCUT2D eigenvalue weighted by molar-refractivity contribution is -0.160. The van der Waals surface area contributed by atoms with Gasteiger partial charge in [0.05, 0.1) is 0 Å². The highest BCUT2D eigenvalue weighted by molar-refractivity contribution is 5.98. The predicted octanol–water partition coefficient (Wildman–Crippen LogP) is 4.03. The summed E-state index contributed by atoms with van der Waals surface area (Å²) < 4.78 is 17.1. The Morgan fingerprint density at radius 3 is 2.48 bits per heavy atom. The Morgan fingerprint density at radius 2 is 1.77 bits per heavy atom. The summed E-state index contributed by atoms with van der Waals surface area (Å²) in [5.41, 5.74) is 2.19. The number of amides is 1. The largest absolute Gasteiger partial charge is 0.509 e. The third kappa shape index (κ3) is 6.51. The van der Waals surface area contributed by atoms with Crippen LogP contribution in [-0.2, 0) is 25.5 Å². The number of tetrazole rings is 1. The number of benzene rings is 2. The number of aromatic nitrogens is 5. The summed E-state index contributed by atoms with van der Waals surface area (Å²) in [7, 11) is 0. The van der Waals surface area contributed by atoms with E-state index in [2.05, 4.69) is 25.8 Å². The van der Waals surface area contributed by atoms with E-state index in [0.29, 0.717) is 49.2 Å². The second-order valence-electron chi connectivity index (χ2n) is 11.6. The van der Waals surface area contributed by atoms with E-state index in [1.54, 1.807) is 19.1 Å². The number of cyclic esters (lactones) is 2. The van der Waals surface area contributed by atoms with Crippen LogP contribution in [0.2, 0.25) is 0 Å². The van der Waals surface area contributed by atoms with Gasteiger partial charge in [-0.1, -0.05) is 55.5 Å². The number of carbonyl (C=O) groups is 4. The third-order valence-corrected chi connectivity index (χ3v) is 8.51. The van der Waals surface area contributed by atoms with E-state index in [9.17, 15) is 19.2 Å². The first-order valence-corrected chi connectivity index (χ1v) is 15.8. The Bertz CT molecular complexity index is 1800. The van der Waals surface area contributed by atoms with E-state index in [-0.39, 0.29) is 25.0 Å². The minimum atomic E-state index is -1.47. The SMILES string of the molecule is CCCC(=O)n1nnnc1-c1ccccc1-c1ccc(CNC2(C(=O)OCC3OC(=O)OC3C)CCCN2C(=O)c2ccncc2)cc1. The Kier molecular flexibility index (Phi) is 9.52. The molecule has 4 heterocycles. The van der Waals surface area contributed by atoms with Crippen LogP contribution in [-0.4, -0.2) is 85.1 Å². The minimum Gasteiger partial charge on any atom is -0.459 e. The van der Waals surface area contributed by atoms with Gasteiger partial charge in [-0.2, -0.15) is 4.68 Å². The van der Waals surface area contributed by atoms with Crippen LogP contribution in [0.5, 0.6) is 0 Å². The van der Waals surface area contributed by atoms with Crippen molar-refractivity contribution in [3.63, 3.8) is 0 Å². The fourth-order valence-corrected chi connectivity index (χ4v) is 5.96. The second kappa shape index (κ2) is 14.1. The van der Waals surface area contributed by atoms with E-state index in [0.717, 1.165) is 16.7 Å². The van der Waals surface area contributed by atoms with Crippen LogP contribution < -0.4 is 5.32 Å². The topological polar surface area (TPSA) is 168 Å². The smallest absolute Gasteiger partial charge is 0.459 e. The fourth-order valence-electron chi connectivity index (χ4n) is 5.96. The number of nitrogens with zero attached hydrogens (tertiary/aromatic N) is 6. The minimum absolute atomic E-state index is 0.184. The second-order valence-corrected chi connectivity index (χ2v) is 11.6. The summed E-state index contributed by atoms with van der Waals surface area (Å²) in [4.78, 5) is 57.3. The molecule has 2 saturated heterocycles. The Balaban J connectivity index is 1.23. The standard InChI is InChI=1S/C34H35N7O7/c1-3-7-29(42)41-30(37-38-39-41)27-9-5-4-8-26(27)24-12-10-23(11-13-24)20-36-34(32(44)46-21-28-22(2)47-33(45)48-28)16-6-19-40(34)31(43)25-14-17-35-18-15-25/h4-5,8-15,17-18,22,28,36H,3,6-7,16,19-21H2,1-2H3. The molecule has 2 aliphatic heterocycles. The van der Waals surface area contributed by atoms with E-state index >= 15 is 0 Å². The van der Waals surface area contributed by atoms with Crippen molar-refractivity contribution in [3.8, 4) is 22.5 Å². The molecule has 14 heteroatoms. The first-order chi connectivity index (χ1) is 23.3. The molecule has 1 amide bonds. The normalized spacial score (nSPS) is 20.3. The molecule has 2 aromatic heterocycles. The van der Waals surface area contributed by atoms with Gasteiger partial charge in [0.15, 0.2) is 17.6 Å². The average molecular weight is 654 g/mol. The van der Waals surface area contributed by atoms with Gasteiger partial charge in [-0.15, -0.1) is 5.10 Å². The summed E-state index contributed by atoms with van der Waals surface area (Å²) in [6.45, 7) is 3.93. The lowest BCUT2D eigenvalue weighted by atomic mass is 9.98. The van der Waals surface area contributed by atoms with Gasteiger partial charge in [0.25, 0.3) is 5.91 Å². The van der Waals surface area contributed by atoms with Crippen molar-refractivity contribution < 1.29 is 33.4 Å². The van der Waals surface area contributed by atoms with Crippen LogP contribution in [0.3, 0.4) is 0 Å². The molecule has 0 radical (unpaired) electrons. The first-order valence-electron chi connectivity index (χ1n) is 15.8. The molecule has 2 aliphatic rings. The van der Waals surface area contributed by atoms with Crippen molar-refractivity contribution in [3.05, 3.63) is 84.2 Å². The van der Waals surface area contributed by atoms with Gasteiger partial charge < -0.3 is 19.1 Å². The molecule has 48 heavy (non-hydrogen) atoms. The maximum absolute atomic E-state index is 13.9. The summed E-state index contributed by atoms with van der Waals surface area (Å²) in [6.07, 6.45) is 2.77. The van der Waals surface area contributed by atoms with Gasteiger partial charge in [-0.25, -0.2) is 9.59 Å². The van der Waals surface area contributed by atoms with Gasteiger partial charge in [-0.05, 0) is 65.4 Å². The van der Waals surface area contributed by atoms with Crippen molar-refractivity contribution in [2.45, 2.75) is 63.9 Å². The molecule has 248 valence electrons. The first kappa shape index (κ1) is 32.4. The highest BCUT2D eigenvalue weighted by Gasteiger charge is 2.51. The molecule has 6 rings (SSSR count). The molecule has 4 aromatic rings. The molecular formula is C34H35N7O7. The van der Waals surface area contributed by atoms with Crippen LogP contribution in [0.25, 0.3) is 22.5 Å². The summed E-state index contributed by atoms with van der Waals surface area (Å²) in [6, 6.07) is 18.5. The molecule has 2 fully saturated rings. The quantitative estimate of drug-likeness (QED) is 0.183. The monoisotopic (exact) mass is 653 g/mol. The van der Waals surface area contributed by atoms with Gasteiger partial charge >= 0.3 is 12.1 Å². The van der Waals surface area contributed by atoms with Gasteiger partial charge in [0.1, 0.15) is 12.7 Å². The van der Waals surface area contributed by atoms with E-state index in [1.165, 1.54) is 22.0 Å². The van der Waals surface area contributed by atoms with Crippen LogP contribution >= 0.6 is 0 Å². The molecule has 14 nitrogen and oxygen atoms in total. The van der Waals surface area contributed by atoms with Crippen LogP contribution in [0.4, 0.5) is 4.79 Å². The summed E-state index contributed by atoms with van der Waals surface area (Å²) in [5.74, 6) is -0.811. The highest BCUT2D eigenvalue weighted by Crippen LogP contribution is 2.33. The van der Waals surface area contributed by atoms with Crippen LogP contribution in [0, 0.1) is 0 Å². The van der Waals surface area contributed by atoms with Gasteiger partial charge in [-0.3, -0.25) is 19.9 Å². The summed E-state index contributed by atoms with van der Waals surface area (Å²) >= 11 is 0. The zero-order chi connectivity index (χ0) is 33.7. The number of pyridine rings is 1. The molecule has 1 N–H and O–H groups in total. The van der Waals surface area contributed by atoms with E-state index < -0.39 is 30.0 Å². The lowest BCUT2D eigenvalue weighted by Crippen LogP contribution is -2.63. The Hall–Kier alpha value is -5.50. The maximum Gasteiger partial charge on any atom is 0.509 e. The Morgan fingerprint density at radius 1 is 1.02 bits per heavy atom. The number of nitrogens with one attached hydrogen (secondary N) is 1. The van der Waals surface area contributed by atoms with E-state index in [1.807, 2.05) is 55.5 Å². The molecular weight excluding hydrogens is 618 g/mol. The zero-order valence-corrected chi connectivity index (χ0v) is 26.6. The number of rotatable bonds is 11. The molecule has 0 bridgehead atoms. The van der Waals surface area contributed by atoms with Crippen molar-refractivity contribution in [1.82, 2.24) is 35.4 Å². The zero-order valence-electron chi connectivity index (χ0n) is 26.6. The highest BCUT2D eigenvalue weighted by atomic mass is 16.8. The van der Waals surface area contributed by atoms with Crippen molar-refractivity contribution in [2.75, 3.05) is 13.2 Å². The number of hydrogen-bond acceptors (Lipinski definition) is 12.